The second kappa shape index (κ2) is 5.88. The highest BCUT2D eigenvalue weighted by Gasteiger charge is 2.14. The summed E-state index contributed by atoms with van der Waals surface area (Å²) >= 11 is 5.88. The van der Waals surface area contributed by atoms with E-state index in [1.54, 1.807) is 6.92 Å². The molecule has 0 aliphatic rings. The number of nitrogens with one attached hydrogen (secondary N) is 1. The molecule has 1 N–H and O–H groups in total. The zero-order valence-corrected chi connectivity index (χ0v) is 11.6. The summed E-state index contributed by atoms with van der Waals surface area (Å²) in [5.41, 5.74) is 0.586. The van der Waals surface area contributed by atoms with Crippen LogP contribution in [0.3, 0.4) is 0 Å². The molecule has 0 spiro atoms. The first kappa shape index (κ1) is 14.9. The van der Waals surface area contributed by atoms with E-state index >= 15 is 0 Å². The van der Waals surface area contributed by atoms with Gasteiger partial charge in [0.25, 0.3) is 11.6 Å². The first-order valence-electron chi connectivity index (χ1n) is 5.89. The van der Waals surface area contributed by atoms with Crippen molar-refractivity contribution in [2.75, 3.05) is 5.32 Å². The highest BCUT2D eigenvalue weighted by atomic mass is 35.5. The Morgan fingerprint density at radius 3 is 2.62 bits per heavy atom. The number of carbonyl (C=O) groups excluding carboxylic acids is 1. The second-order valence-corrected chi connectivity index (χ2v) is 4.80. The number of nitro benzene ring substituents is 1. The number of nitro groups is 1. The fourth-order valence-corrected chi connectivity index (χ4v) is 1.95. The van der Waals surface area contributed by atoms with Crippen LogP contribution in [0.5, 0.6) is 0 Å². The molecule has 0 saturated carbocycles. The number of anilines is 1. The van der Waals surface area contributed by atoms with Crippen LogP contribution in [0, 0.1) is 22.9 Å². The van der Waals surface area contributed by atoms with Crippen molar-refractivity contribution in [2.45, 2.75) is 6.92 Å². The third-order valence-corrected chi connectivity index (χ3v) is 3.04. The van der Waals surface area contributed by atoms with Gasteiger partial charge in [0.2, 0.25) is 0 Å². The van der Waals surface area contributed by atoms with Crippen LogP contribution in [-0.4, -0.2) is 10.8 Å². The second-order valence-electron chi connectivity index (χ2n) is 4.39. The van der Waals surface area contributed by atoms with Gasteiger partial charge in [0, 0.05) is 17.7 Å². The zero-order valence-electron chi connectivity index (χ0n) is 10.9. The van der Waals surface area contributed by atoms with Crippen molar-refractivity contribution in [3.8, 4) is 0 Å². The topological polar surface area (TPSA) is 72.2 Å². The van der Waals surface area contributed by atoms with E-state index in [1.807, 2.05) is 0 Å². The Labute approximate surface area is 124 Å². The van der Waals surface area contributed by atoms with Gasteiger partial charge in [-0.2, -0.15) is 0 Å². The van der Waals surface area contributed by atoms with Crippen molar-refractivity contribution in [2.24, 2.45) is 0 Å². The number of aryl methyl sites for hydroxylation is 1. The fraction of sp³-hybridized carbons (Fsp3) is 0.0714. The van der Waals surface area contributed by atoms with Gasteiger partial charge in [-0.25, -0.2) is 4.39 Å². The van der Waals surface area contributed by atoms with E-state index in [1.165, 1.54) is 24.3 Å². The summed E-state index contributed by atoms with van der Waals surface area (Å²) in [4.78, 5) is 22.2. The molecule has 0 unspecified atom stereocenters. The van der Waals surface area contributed by atoms with Gasteiger partial charge in [-0.15, -0.1) is 0 Å². The molecule has 0 radical (unpaired) electrons. The number of benzene rings is 2. The molecule has 0 atom stereocenters. The molecule has 21 heavy (non-hydrogen) atoms. The van der Waals surface area contributed by atoms with Gasteiger partial charge in [-0.3, -0.25) is 14.9 Å². The Hall–Kier alpha value is -2.47. The Bertz CT molecular complexity index is 714. The molecule has 7 heteroatoms. The van der Waals surface area contributed by atoms with Gasteiger partial charge in [0.1, 0.15) is 5.82 Å². The maximum atomic E-state index is 13.3. The number of carbonyl (C=O) groups is 1. The predicted molar refractivity (Wildman–Crippen MR) is 77.2 cm³/mol. The molecule has 5 nitrogen and oxygen atoms in total. The Morgan fingerprint density at radius 2 is 2.00 bits per heavy atom. The molecule has 0 heterocycles. The first-order valence-corrected chi connectivity index (χ1v) is 6.27. The summed E-state index contributed by atoms with van der Waals surface area (Å²) in [5, 5.41) is 13.3. The van der Waals surface area contributed by atoms with Crippen molar-refractivity contribution in [3.63, 3.8) is 0 Å². The summed E-state index contributed by atoms with van der Waals surface area (Å²) in [6.07, 6.45) is 0. The quantitative estimate of drug-likeness (QED) is 0.689. The average Bonchev–Trinajstić information content (AvgIpc) is 2.39. The van der Waals surface area contributed by atoms with Gasteiger partial charge in [0.05, 0.1) is 15.6 Å². The van der Waals surface area contributed by atoms with E-state index in [-0.39, 0.29) is 22.0 Å². The monoisotopic (exact) mass is 308 g/mol. The smallest absolute Gasteiger partial charge is 0.271 e. The van der Waals surface area contributed by atoms with Crippen LogP contribution in [0.4, 0.5) is 15.8 Å². The molecule has 0 bridgehead atoms. The largest absolute Gasteiger partial charge is 0.320 e. The van der Waals surface area contributed by atoms with E-state index in [0.717, 1.165) is 12.1 Å². The molecule has 0 saturated heterocycles. The molecule has 2 aromatic rings. The maximum Gasteiger partial charge on any atom is 0.271 e. The number of halogens is 2. The van der Waals surface area contributed by atoms with Gasteiger partial charge in [-0.05, 0) is 36.8 Å². The van der Waals surface area contributed by atoms with Crippen molar-refractivity contribution >= 4 is 28.9 Å². The molecule has 1 amide bonds. The average molecular weight is 309 g/mol. The molecule has 0 aromatic heterocycles. The lowest BCUT2D eigenvalue weighted by atomic mass is 10.1. The molecular weight excluding hydrogens is 299 g/mol. The van der Waals surface area contributed by atoms with Gasteiger partial charge in [0.15, 0.2) is 0 Å². The van der Waals surface area contributed by atoms with Crippen molar-refractivity contribution in [1.82, 2.24) is 0 Å². The van der Waals surface area contributed by atoms with Crippen molar-refractivity contribution in [1.29, 1.82) is 0 Å². The number of amides is 1. The summed E-state index contributed by atoms with van der Waals surface area (Å²) in [5.74, 6) is -1.13. The zero-order chi connectivity index (χ0) is 15.6. The number of nitrogens with zero attached hydrogens (tertiary/aromatic N) is 1. The summed E-state index contributed by atoms with van der Waals surface area (Å²) in [7, 11) is 0. The fourth-order valence-electron chi connectivity index (χ4n) is 1.78. The standard InChI is InChI=1S/C14H10ClFN2O3/c1-8-4-9(6-10(16)5-8)14(19)17-13-7-11(18(20)21)2-3-12(13)15/h2-7H,1H3,(H,17,19). The van der Waals surface area contributed by atoms with Crippen molar-refractivity contribution in [3.05, 3.63) is 68.5 Å². The minimum Gasteiger partial charge on any atom is -0.320 e. The number of non-ortho nitro benzene ring substituents is 1. The van der Waals surface area contributed by atoms with Crippen LogP contribution >= 0.6 is 11.6 Å². The normalized spacial score (nSPS) is 10.2. The lowest BCUT2D eigenvalue weighted by molar-refractivity contribution is -0.384. The summed E-state index contributed by atoms with van der Waals surface area (Å²) in [6, 6.07) is 7.55. The summed E-state index contributed by atoms with van der Waals surface area (Å²) in [6.45, 7) is 1.65. The van der Waals surface area contributed by atoms with Crippen molar-refractivity contribution < 1.29 is 14.1 Å². The number of hydrogen-bond acceptors (Lipinski definition) is 3. The molecule has 108 valence electrons. The lowest BCUT2D eigenvalue weighted by Crippen LogP contribution is -2.13. The third kappa shape index (κ3) is 3.55. The van der Waals surface area contributed by atoms with Gasteiger partial charge in [-0.1, -0.05) is 11.6 Å². The molecule has 2 rings (SSSR count). The highest BCUT2D eigenvalue weighted by molar-refractivity contribution is 6.34. The van der Waals surface area contributed by atoms with E-state index < -0.39 is 16.6 Å². The van der Waals surface area contributed by atoms with Crippen LogP contribution in [0.25, 0.3) is 0 Å². The molecular formula is C14H10ClFN2O3. The van der Waals surface area contributed by atoms with Crippen LogP contribution in [0.15, 0.2) is 36.4 Å². The molecule has 2 aromatic carbocycles. The molecule has 0 fully saturated rings. The first-order chi connectivity index (χ1) is 9.86. The van der Waals surface area contributed by atoms with Crippen LogP contribution in [-0.2, 0) is 0 Å². The van der Waals surface area contributed by atoms with Crippen LogP contribution in [0.1, 0.15) is 15.9 Å². The van der Waals surface area contributed by atoms with E-state index in [2.05, 4.69) is 5.32 Å². The SMILES string of the molecule is Cc1cc(F)cc(C(=O)Nc2cc([N+](=O)[O-])ccc2Cl)c1. The number of hydrogen-bond donors (Lipinski definition) is 1. The van der Waals surface area contributed by atoms with E-state index in [4.69, 9.17) is 11.6 Å². The minimum atomic E-state index is -0.599. The predicted octanol–water partition coefficient (Wildman–Crippen LogP) is 3.95. The van der Waals surface area contributed by atoms with E-state index in [0.29, 0.717) is 5.56 Å². The number of rotatable bonds is 3. The van der Waals surface area contributed by atoms with Crippen LogP contribution in [0.2, 0.25) is 5.02 Å². The van der Waals surface area contributed by atoms with Gasteiger partial charge >= 0.3 is 0 Å². The van der Waals surface area contributed by atoms with Gasteiger partial charge < -0.3 is 5.32 Å². The third-order valence-electron chi connectivity index (χ3n) is 2.71. The van der Waals surface area contributed by atoms with E-state index in [9.17, 15) is 19.3 Å². The highest BCUT2D eigenvalue weighted by Crippen LogP contribution is 2.27. The summed E-state index contributed by atoms with van der Waals surface area (Å²) < 4.78 is 13.3. The maximum absolute atomic E-state index is 13.3. The lowest BCUT2D eigenvalue weighted by Gasteiger charge is -2.08. The molecule has 0 aliphatic heterocycles. The van der Waals surface area contributed by atoms with Crippen LogP contribution < -0.4 is 5.32 Å². The molecule has 0 aliphatic carbocycles. The Balaban J connectivity index is 2.31. The Kier molecular flexibility index (Phi) is 4.18. The minimum absolute atomic E-state index is 0.0952. The Morgan fingerprint density at radius 1 is 1.29 bits per heavy atom.